The van der Waals surface area contributed by atoms with Crippen molar-refractivity contribution in [3.63, 3.8) is 0 Å². The van der Waals surface area contributed by atoms with Crippen LogP contribution in [-0.2, 0) is 4.79 Å². The lowest BCUT2D eigenvalue weighted by Crippen LogP contribution is -2.51. The van der Waals surface area contributed by atoms with E-state index in [1.807, 2.05) is 19.1 Å². The molecule has 5 N–H and O–H groups in total. The molecule has 1 aromatic carbocycles. The van der Waals surface area contributed by atoms with E-state index in [9.17, 15) is 9.59 Å². The maximum atomic E-state index is 12.6. The topological polar surface area (TPSA) is 116 Å². The number of benzene rings is 1. The van der Waals surface area contributed by atoms with Gasteiger partial charge in [-0.1, -0.05) is 12.8 Å². The van der Waals surface area contributed by atoms with E-state index in [4.69, 9.17) is 11.5 Å². The van der Waals surface area contributed by atoms with Gasteiger partial charge in [0.1, 0.15) is 5.69 Å². The van der Waals surface area contributed by atoms with E-state index in [2.05, 4.69) is 10.4 Å². The summed E-state index contributed by atoms with van der Waals surface area (Å²) in [5.41, 5.74) is 12.7. The van der Waals surface area contributed by atoms with Gasteiger partial charge in [-0.3, -0.25) is 9.59 Å². The molecular formula is C18H24ClN5O2. The maximum absolute atomic E-state index is 12.6. The van der Waals surface area contributed by atoms with Crippen molar-refractivity contribution in [2.24, 2.45) is 17.4 Å². The number of hydrogen-bond donors (Lipinski definition) is 3. The fraction of sp³-hybridized carbons (Fsp3) is 0.389. The Bertz CT molecular complexity index is 785. The van der Waals surface area contributed by atoms with Crippen molar-refractivity contribution in [2.45, 2.75) is 38.1 Å². The van der Waals surface area contributed by atoms with Gasteiger partial charge < -0.3 is 16.8 Å². The third-order valence-electron chi connectivity index (χ3n) is 4.81. The number of hydrogen-bond acceptors (Lipinski definition) is 4. The minimum absolute atomic E-state index is 0. The third kappa shape index (κ3) is 4.23. The third-order valence-corrected chi connectivity index (χ3v) is 4.81. The van der Waals surface area contributed by atoms with Crippen LogP contribution in [0.3, 0.4) is 0 Å². The molecule has 2 atom stereocenters. The highest BCUT2D eigenvalue weighted by atomic mass is 35.5. The van der Waals surface area contributed by atoms with Gasteiger partial charge in [0.05, 0.1) is 11.6 Å². The van der Waals surface area contributed by atoms with Crippen LogP contribution >= 0.6 is 12.4 Å². The van der Waals surface area contributed by atoms with E-state index in [1.54, 1.807) is 29.1 Å². The number of halogens is 1. The summed E-state index contributed by atoms with van der Waals surface area (Å²) < 4.78 is 1.56. The lowest BCUT2D eigenvalue weighted by molar-refractivity contribution is -0.122. The lowest BCUT2D eigenvalue weighted by Gasteiger charge is -2.37. The van der Waals surface area contributed by atoms with Crippen molar-refractivity contribution in [1.82, 2.24) is 9.78 Å². The number of nitrogens with one attached hydrogen (secondary N) is 1. The van der Waals surface area contributed by atoms with Gasteiger partial charge in [0.25, 0.3) is 5.91 Å². The molecule has 8 heteroatoms. The highest BCUT2D eigenvalue weighted by Gasteiger charge is 2.37. The monoisotopic (exact) mass is 377 g/mol. The van der Waals surface area contributed by atoms with Crippen molar-refractivity contribution in [2.75, 3.05) is 5.32 Å². The molecule has 3 rings (SSSR count). The second-order valence-electron chi connectivity index (χ2n) is 6.85. The molecule has 1 aromatic heterocycles. The average molecular weight is 378 g/mol. The number of nitrogens with two attached hydrogens (primary N) is 2. The quantitative estimate of drug-likeness (QED) is 0.757. The van der Waals surface area contributed by atoms with Crippen LogP contribution in [0.15, 0.2) is 36.5 Å². The van der Waals surface area contributed by atoms with Gasteiger partial charge in [-0.2, -0.15) is 5.10 Å². The molecule has 0 aliphatic heterocycles. The summed E-state index contributed by atoms with van der Waals surface area (Å²) >= 11 is 0. The van der Waals surface area contributed by atoms with Crippen molar-refractivity contribution < 1.29 is 9.59 Å². The Labute approximate surface area is 158 Å². The second kappa shape index (κ2) is 7.88. The highest BCUT2D eigenvalue weighted by Crippen LogP contribution is 2.32. The Hall–Kier alpha value is -2.38. The highest BCUT2D eigenvalue weighted by molar-refractivity contribution is 5.93. The molecule has 0 bridgehead atoms. The predicted octanol–water partition coefficient (Wildman–Crippen LogP) is 2.24. The van der Waals surface area contributed by atoms with Gasteiger partial charge in [-0.05, 0) is 50.1 Å². The SMILES string of the molecule is CC1(N)CCCCC1C(=O)Nc1ccc(-n2ccc(C(N)=O)n2)cc1.Cl. The van der Waals surface area contributed by atoms with Gasteiger partial charge in [0, 0.05) is 17.4 Å². The van der Waals surface area contributed by atoms with E-state index in [-0.39, 0.29) is 29.9 Å². The largest absolute Gasteiger partial charge is 0.364 e. The van der Waals surface area contributed by atoms with Crippen LogP contribution in [-0.4, -0.2) is 27.1 Å². The van der Waals surface area contributed by atoms with Gasteiger partial charge in [-0.25, -0.2) is 4.68 Å². The van der Waals surface area contributed by atoms with E-state index >= 15 is 0 Å². The smallest absolute Gasteiger partial charge is 0.269 e. The van der Waals surface area contributed by atoms with Gasteiger partial charge in [0.2, 0.25) is 5.91 Å². The molecule has 26 heavy (non-hydrogen) atoms. The average Bonchev–Trinajstić information content (AvgIpc) is 3.05. The molecule has 1 aliphatic carbocycles. The molecule has 140 valence electrons. The Morgan fingerprint density at radius 3 is 2.50 bits per heavy atom. The van der Waals surface area contributed by atoms with E-state index in [0.717, 1.165) is 31.4 Å². The molecule has 2 unspecified atom stereocenters. The van der Waals surface area contributed by atoms with Crippen LogP contribution in [0, 0.1) is 5.92 Å². The van der Waals surface area contributed by atoms with Crippen molar-refractivity contribution in [1.29, 1.82) is 0 Å². The summed E-state index contributed by atoms with van der Waals surface area (Å²) in [5, 5.41) is 7.05. The van der Waals surface area contributed by atoms with E-state index < -0.39 is 11.4 Å². The van der Waals surface area contributed by atoms with Crippen LogP contribution in [0.4, 0.5) is 5.69 Å². The minimum atomic E-state index is -0.569. The number of anilines is 1. The Morgan fingerprint density at radius 1 is 1.23 bits per heavy atom. The number of amides is 2. The Morgan fingerprint density at radius 2 is 1.92 bits per heavy atom. The first-order valence-corrected chi connectivity index (χ1v) is 8.42. The van der Waals surface area contributed by atoms with Gasteiger partial charge in [-0.15, -0.1) is 12.4 Å². The second-order valence-corrected chi connectivity index (χ2v) is 6.85. The number of carbonyl (C=O) groups excluding carboxylic acids is 2. The van der Waals surface area contributed by atoms with Crippen LogP contribution in [0.5, 0.6) is 0 Å². The van der Waals surface area contributed by atoms with Crippen LogP contribution < -0.4 is 16.8 Å². The zero-order valence-corrected chi connectivity index (χ0v) is 15.5. The summed E-state index contributed by atoms with van der Waals surface area (Å²) in [6.07, 6.45) is 5.45. The number of aromatic nitrogens is 2. The summed E-state index contributed by atoms with van der Waals surface area (Å²) in [7, 11) is 0. The molecule has 2 aromatic rings. The maximum Gasteiger partial charge on any atom is 0.269 e. The van der Waals surface area contributed by atoms with Crippen LogP contribution in [0.1, 0.15) is 43.1 Å². The Balaban J connectivity index is 0.00000243. The summed E-state index contributed by atoms with van der Waals surface area (Å²) in [4.78, 5) is 23.7. The molecule has 0 spiro atoms. The first-order valence-electron chi connectivity index (χ1n) is 8.42. The van der Waals surface area contributed by atoms with Crippen molar-refractivity contribution >= 4 is 29.9 Å². The number of nitrogens with zero attached hydrogens (tertiary/aromatic N) is 2. The first kappa shape index (κ1) is 19.9. The number of carbonyl (C=O) groups is 2. The van der Waals surface area contributed by atoms with Gasteiger partial charge in [0.15, 0.2) is 0 Å². The predicted molar refractivity (Wildman–Crippen MR) is 103 cm³/mol. The minimum Gasteiger partial charge on any atom is -0.364 e. The molecule has 0 saturated heterocycles. The van der Waals surface area contributed by atoms with Crippen molar-refractivity contribution in [3.05, 3.63) is 42.2 Å². The fourth-order valence-electron chi connectivity index (χ4n) is 3.31. The molecule has 0 radical (unpaired) electrons. The fourth-order valence-corrected chi connectivity index (χ4v) is 3.31. The summed E-state index contributed by atoms with van der Waals surface area (Å²) in [6.45, 7) is 1.95. The molecular weight excluding hydrogens is 354 g/mol. The summed E-state index contributed by atoms with van der Waals surface area (Å²) in [5.74, 6) is -0.780. The zero-order valence-electron chi connectivity index (χ0n) is 14.6. The van der Waals surface area contributed by atoms with E-state index in [0.29, 0.717) is 5.69 Å². The molecule has 1 fully saturated rings. The number of rotatable bonds is 4. The normalized spacial score (nSPS) is 22.3. The van der Waals surface area contributed by atoms with Crippen LogP contribution in [0.25, 0.3) is 5.69 Å². The molecule has 1 heterocycles. The van der Waals surface area contributed by atoms with Crippen LogP contribution in [0.2, 0.25) is 0 Å². The molecule has 1 aliphatic rings. The molecule has 7 nitrogen and oxygen atoms in total. The summed E-state index contributed by atoms with van der Waals surface area (Å²) in [6, 6.07) is 8.79. The Kier molecular flexibility index (Phi) is 6.05. The molecule has 2 amide bonds. The van der Waals surface area contributed by atoms with Crippen molar-refractivity contribution in [3.8, 4) is 5.69 Å². The number of primary amides is 1. The first-order chi connectivity index (χ1) is 11.9. The zero-order chi connectivity index (χ0) is 18.0. The standard InChI is InChI=1S/C18H23N5O2.ClH/c1-18(20)10-3-2-4-14(18)17(25)21-12-5-7-13(8-6-12)23-11-9-15(22-23)16(19)24;/h5-9,11,14H,2-4,10,20H2,1H3,(H2,19,24)(H,21,25);1H. The van der Waals surface area contributed by atoms with Gasteiger partial charge >= 0.3 is 0 Å². The lowest BCUT2D eigenvalue weighted by atomic mass is 9.74. The van der Waals surface area contributed by atoms with E-state index in [1.165, 1.54) is 0 Å². The molecule has 1 saturated carbocycles.